The molecule has 3 unspecified atom stereocenters. The van der Waals surface area contributed by atoms with Crippen LogP contribution >= 0.6 is 11.6 Å². The Bertz CT molecular complexity index is 362. The van der Waals surface area contributed by atoms with Gasteiger partial charge in [-0.25, -0.2) is 4.79 Å². The summed E-state index contributed by atoms with van der Waals surface area (Å²) in [5.74, 6) is -0.571. The second kappa shape index (κ2) is 5.74. The molecule has 0 bridgehead atoms. The van der Waals surface area contributed by atoms with E-state index in [0.717, 1.165) is 6.42 Å². The summed E-state index contributed by atoms with van der Waals surface area (Å²) >= 11 is 5.90. The summed E-state index contributed by atoms with van der Waals surface area (Å²) in [6.07, 6.45) is 1.97. The molecule has 0 saturated heterocycles. The van der Waals surface area contributed by atoms with Crippen LogP contribution in [0, 0.1) is 11.3 Å². The minimum atomic E-state index is -0.529. The molecule has 3 atom stereocenters. The highest BCUT2D eigenvalue weighted by Crippen LogP contribution is 2.55. The molecule has 0 spiro atoms. The Labute approximate surface area is 112 Å². The lowest BCUT2D eigenvalue weighted by Crippen LogP contribution is -2.14. The highest BCUT2D eigenvalue weighted by molar-refractivity contribution is 6.41. The van der Waals surface area contributed by atoms with Gasteiger partial charge < -0.3 is 9.47 Å². The van der Waals surface area contributed by atoms with Crippen LogP contribution in [0.3, 0.4) is 0 Å². The average Bonchev–Trinajstić information content (AvgIpc) is 2.81. The molecule has 0 aromatic carbocycles. The molecule has 1 saturated carbocycles. The zero-order valence-corrected chi connectivity index (χ0v) is 11.9. The van der Waals surface area contributed by atoms with Crippen LogP contribution in [0.1, 0.15) is 34.1 Å². The predicted octanol–water partition coefficient (Wildman–Crippen LogP) is 2.65. The molecular weight excluding hydrogens is 256 g/mol. The van der Waals surface area contributed by atoms with Crippen molar-refractivity contribution >= 4 is 24.0 Å². The normalized spacial score (nSPS) is 27.3. The number of carbonyl (C=O) groups is 2. The summed E-state index contributed by atoms with van der Waals surface area (Å²) in [6, 6.07) is 0. The van der Waals surface area contributed by atoms with Crippen LogP contribution in [-0.4, -0.2) is 24.6 Å². The third kappa shape index (κ3) is 3.25. The fourth-order valence-electron chi connectivity index (χ4n) is 1.80. The lowest BCUT2D eigenvalue weighted by molar-refractivity contribution is -0.142. The van der Waals surface area contributed by atoms with E-state index in [9.17, 15) is 9.59 Å². The summed E-state index contributed by atoms with van der Waals surface area (Å²) in [6.45, 7) is 8.06. The largest absolute Gasteiger partial charge is 0.463 e. The van der Waals surface area contributed by atoms with Crippen LogP contribution in [-0.2, 0) is 19.1 Å². The number of halogens is 1. The molecule has 0 N–H and O–H groups in total. The number of carbonyl (C=O) groups excluding carboxylic acids is 2. The van der Waals surface area contributed by atoms with E-state index in [1.165, 1.54) is 0 Å². The quantitative estimate of drug-likeness (QED) is 0.424. The molecular formula is C13H19ClO4. The number of esters is 1. The Morgan fingerprint density at radius 3 is 2.61 bits per heavy atom. The van der Waals surface area contributed by atoms with Crippen molar-refractivity contribution in [3.8, 4) is 0 Å². The Balaban J connectivity index is 2.62. The first kappa shape index (κ1) is 15.0. The van der Waals surface area contributed by atoms with Gasteiger partial charge in [0.05, 0.1) is 6.10 Å². The SMILES string of the molecule is CCC(C)OC(=O)C(Cl)=CC1C(OC=O)C1(C)C. The first-order valence-corrected chi connectivity index (χ1v) is 6.39. The second-order valence-corrected chi connectivity index (χ2v) is 5.55. The summed E-state index contributed by atoms with van der Waals surface area (Å²) in [5.41, 5.74) is -0.183. The van der Waals surface area contributed by atoms with Gasteiger partial charge in [0.2, 0.25) is 0 Å². The van der Waals surface area contributed by atoms with Gasteiger partial charge in [0.15, 0.2) is 0 Å². The van der Waals surface area contributed by atoms with Gasteiger partial charge in [0, 0.05) is 11.3 Å². The van der Waals surface area contributed by atoms with E-state index in [-0.39, 0.29) is 28.6 Å². The topological polar surface area (TPSA) is 52.6 Å². The molecule has 0 aromatic heterocycles. The highest BCUT2D eigenvalue weighted by atomic mass is 35.5. The molecule has 0 aromatic rings. The third-order valence-electron chi connectivity index (χ3n) is 3.42. The van der Waals surface area contributed by atoms with Crippen LogP contribution in [0.2, 0.25) is 0 Å². The van der Waals surface area contributed by atoms with Crippen molar-refractivity contribution in [2.45, 2.75) is 46.3 Å². The van der Waals surface area contributed by atoms with Gasteiger partial charge in [-0.2, -0.15) is 0 Å². The maximum Gasteiger partial charge on any atom is 0.349 e. The van der Waals surface area contributed by atoms with Gasteiger partial charge in [0.25, 0.3) is 6.47 Å². The van der Waals surface area contributed by atoms with Crippen molar-refractivity contribution in [3.05, 3.63) is 11.1 Å². The van der Waals surface area contributed by atoms with Crippen molar-refractivity contribution in [2.24, 2.45) is 11.3 Å². The minimum absolute atomic E-state index is 0.0420. The Kier molecular flexibility index (Phi) is 4.79. The van der Waals surface area contributed by atoms with Gasteiger partial charge in [-0.1, -0.05) is 38.4 Å². The Morgan fingerprint density at radius 1 is 1.50 bits per heavy atom. The summed E-state index contributed by atoms with van der Waals surface area (Å²) in [7, 11) is 0. The molecule has 0 heterocycles. The van der Waals surface area contributed by atoms with E-state index < -0.39 is 5.97 Å². The smallest absolute Gasteiger partial charge is 0.349 e. The number of rotatable bonds is 6. The third-order valence-corrected chi connectivity index (χ3v) is 3.70. The Morgan fingerprint density at radius 2 is 2.11 bits per heavy atom. The molecule has 4 nitrogen and oxygen atoms in total. The zero-order chi connectivity index (χ0) is 13.9. The number of ether oxygens (including phenoxy) is 2. The van der Waals surface area contributed by atoms with Crippen LogP contribution in [0.5, 0.6) is 0 Å². The fourth-order valence-corrected chi connectivity index (χ4v) is 1.98. The van der Waals surface area contributed by atoms with Gasteiger partial charge in [-0.15, -0.1) is 0 Å². The monoisotopic (exact) mass is 274 g/mol. The predicted molar refractivity (Wildman–Crippen MR) is 68.0 cm³/mol. The summed E-state index contributed by atoms with van der Waals surface area (Å²) in [5, 5.41) is 0.0466. The molecule has 1 fully saturated rings. The van der Waals surface area contributed by atoms with E-state index >= 15 is 0 Å². The lowest BCUT2D eigenvalue weighted by Gasteiger charge is -2.09. The summed E-state index contributed by atoms with van der Waals surface area (Å²) in [4.78, 5) is 21.9. The molecule has 5 heteroatoms. The Hall–Kier alpha value is -1.03. The van der Waals surface area contributed by atoms with Gasteiger partial charge >= 0.3 is 5.97 Å². The van der Waals surface area contributed by atoms with E-state index in [2.05, 4.69) is 0 Å². The zero-order valence-electron chi connectivity index (χ0n) is 11.1. The van der Waals surface area contributed by atoms with Gasteiger partial charge in [0.1, 0.15) is 11.1 Å². The molecule has 0 amide bonds. The molecule has 1 rings (SSSR count). The molecule has 1 aliphatic carbocycles. The van der Waals surface area contributed by atoms with Gasteiger partial charge in [-0.3, -0.25) is 4.79 Å². The molecule has 0 aliphatic heterocycles. The van der Waals surface area contributed by atoms with Crippen molar-refractivity contribution in [1.29, 1.82) is 0 Å². The number of hydrogen-bond acceptors (Lipinski definition) is 4. The van der Waals surface area contributed by atoms with Crippen LogP contribution < -0.4 is 0 Å². The average molecular weight is 275 g/mol. The molecule has 1 aliphatic rings. The van der Waals surface area contributed by atoms with Gasteiger partial charge in [-0.05, 0) is 13.3 Å². The first-order chi connectivity index (χ1) is 8.34. The summed E-state index contributed by atoms with van der Waals surface area (Å²) < 4.78 is 10.0. The van der Waals surface area contributed by atoms with Crippen molar-refractivity contribution in [3.63, 3.8) is 0 Å². The van der Waals surface area contributed by atoms with Crippen LogP contribution in [0.4, 0.5) is 0 Å². The van der Waals surface area contributed by atoms with E-state index in [1.807, 2.05) is 20.8 Å². The van der Waals surface area contributed by atoms with Crippen molar-refractivity contribution < 1.29 is 19.1 Å². The number of hydrogen-bond donors (Lipinski definition) is 0. The second-order valence-electron chi connectivity index (χ2n) is 5.14. The van der Waals surface area contributed by atoms with Crippen LogP contribution in [0.15, 0.2) is 11.1 Å². The fraction of sp³-hybridized carbons (Fsp3) is 0.692. The molecule has 102 valence electrons. The molecule has 0 radical (unpaired) electrons. The minimum Gasteiger partial charge on any atom is -0.463 e. The van der Waals surface area contributed by atoms with Crippen molar-refractivity contribution in [1.82, 2.24) is 0 Å². The van der Waals surface area contributed by atoms with E-state index in [4.69, 9.17) is 21.1 Å². The van der Waals surface area contributed by atoms with Crippen molar-refractivity contribution in [2.75, 3.05) is 0 Å². The van der Waals surface area contributed by atoms with E-state index in [1.54, 1.807) is 13.0 Å². The molecule has 18 heavy (non-hydrogen) atoms. The standard InChI is InChI=1S/C13H19ClO4/c1-5-8(2)18-12(16)10(14)6-9-11(17-7-15)13(9,3)4/h6-9,11H,5H2,1-4H3. The first-order valence-electron chi connectivity index (χ1n) is 6.02. The maximum atomic E-state index is 11.6. The lowest BCUT2D eigenvalue weighted by atomic mass is 10.1. The van der Waals surface area contributed by atoms with Crippen LogP contribution in [0.25, 0.3) is 0 Å². The highest BCUT2D eigenvalue weighted by Gasteiger charge is 2.59. The maximum absolute atomic E-state index is 11.6. The van der Waals surface area contributed by atoms with E-state index in [0.29, 0.717) is 6.47 Å².